The maximum absolute atomic E-state index is 11.5. The van der Waals surface area contributed by atoms with E-state index in [1.807, 2.05) is 0 Å². The minimum absolute atomic E-state index is 0.0459. The molecule has 0 spiro atoms. The third-order valence-electron chi connectivity index (χ3n) is 4.48. The Kier molecular flexibility index (Phi) is 5.55. The van der Waals surface area contributed by atoms with Crippen LogP contribution < -0.4 is 14.8 Å². The van der Waals surface area contributed by atoms with E-state index >= 15 is 0 Å². The van der Waals surface area contributed by atoms with Crippen LogP contribution in [0, 0.1) is 21.4 Å². The largest absolute Gasteiger partial charge is 0.493 e. The first-order valence-electron chi connectivity index (χ1n) is 8.42. The van der Waals surface area contributed by atoms with Crippen LogP contribution in [0.5, 0.6) is 11.5 Å². The first-order valence-corrected chi connectivity index (χ1v) is 8.42. The van der Waals surface area contributed by atoms with Gasteiger partial charge in [-0.05, 0) is 30.6 Å². The monoisotopic (exact) mass is 350 g/mol. The zero-order valence-corrected chi connectivity index (χ0v) is 15.4. The van der Waals surface area contributed by atoms with E-state index in [1.165, 1.54) is 26.2 Å². The van der Waals surface area contributed by atoms with Crippen molar-refractivity contribution in [1.29, 1.82) is 0 Å². The number of hydrogen-bond acceptors (Lipinski definition) is 6. The number of rotatable bonds is 5. The molecule has 0 heterocycles. The molecule has 2 atom stereocenters. The highest BCUT2D eigenvalue weighted by molar-refractivity contribution is 5.74. The van der Waals surface area contributed by atoms with Crippen molar-refractivity contribution in [1.82, 2.24) is 0 Å². The number of nitro benzene ring substituents is 1. The van der Waals surface area contributed by atoms with E-state index in [4.69, 9.17) is 9.47 Å². The lowest BCUT2D eigenvalue weighted by Gasteiger charge is -2.39. The molecule has 2 rings (SSSR count). The maximum atomic E-state index is 11.5. The first kappa shape index (κ1) is 19.0. The highest BCUT2D eigenvalue weighted by Crippen LogP contribution is 2.42. The molecule has 0 amide bonds. The van der Waals surface area contributed by atoms with Crippen molar-refractivity contribution in [2.45, 2.75) is 53.0 Å². The second-order valence-corrected chi connectivity index (χ2v) is 7.63. The minimum Gasteiger partial charge on any atom is -0.493 e. The van der Waals surface area contributed by atoms with Crippen LogP contribution in [0.15, 0.2) is 12.1 Å². The molecule has 1 aliphatic carbocycles. The summed E-state index contributed by atoms with van der Waals surface area (Å²) < 4.78 is 10.3. The van der Waals surface area contributed by atoms with E-state index in [2.05, 4.69) is 26.1 Å². The molecule has 0 radical (unpaired) electrons. The van der Waals surface area contributed by atoms with E-state index in [0.29, 0.717) is 11.6 Å². The number of carbonyl (C=O) groups is 1. The van der Waals surface area contributed by atoms with Crippen molar-refractivity contribution in [2.75, 3.05) is 12.4 Å². The van der Waals surface area contributed by atoms with Crippen molar-refractivity contribution in [3.8, 4) is 11.5 Å². The summed E-state index contributed by atoms with van der Waals surface area (Å²) in [6.45, 7) is 7.88. The summed E-state index contributed by atoms with van der Waals surface area (Å²) in [4.78, 5) is 22.2. The van der Waals surface area contributed by atoms with Gasteiger partial charge in [-0.3, -0.25) is 14.9 Å². The molecule has 1 aromatic rings. The van der Waals surface area contributed by atoms with E-state index < -0.39 is 10.9 Å². The second kappa shape index (κ2) is 7.29. The molecule has 25 heavy (non-hydrogen) atoms. The molecular weight excluding hydrogens is 324 g/mol. The summed E-state index contributed by atoms with van der Waals surface area (Å²) in [6.07, 6.45) is 3.03. The third kappa shape index (κ3) is 4.84. The lowest BCUT2D eigenvalue weighted by atomic mass is 9.70. The number of anilines is 1. The number of benzene rings is 1. The molecule has 7 nitrogen and oxygen atoms in total. The predicted molar refractivity (Wildman–Crippen MR) is 95.2 cm³/mol. The summed E-state index contributed by atoms with van der Waals surface area (Å²) in [5.41, 5.74) is 0.437. The van der Waals surface area contributed by atoms with Gasteiger partial charge in [0.05, 0.1) is 18.1 Å². The van der Waals surface area contributed by atoms with Gasteiger partial charge in [0.15, 0.2) is 11.5 Å². The molecule has 138 valence electrons. The van der Waals surface area contributed by atoms with E-state index in [1.54, 1.807) is 0 Å². The average molecular weight is 350 g/mol. The number of ether oxygens (including phenoxy) is 2. The average Bonchev–Trinajstić information content (AvgIpc) is 2.45. The summed E-state index contributed by atoms with van der Waals surface area (Å²) in [6, 6.07) is 2.91. The van der Waals surface area contributed by atoms with Crippen LogP contribution in [0.25, 0.3) is 0 Å². The lowest BCUT2D eigenvalue weighted by Crippen LogP contribution is -2.35. The molecule has 1 aromatic carbocycles. The first-order chi connectivity index (χ1) is 11.6. The minimum atomic E-state index is -0.559. The molecule has 0 saturated heterocycles. The van der Waals surface area contributed by atoms with Gasteiger partial charge in [0.25, 0.3) is 5.69 Å². The highest BCUT2D eigenvalue weighted by Gasteiger charge is 2.33. The number of methoxy groups -OCH3 is 1. The van der Waals surface area contributed by atoms with E-state index in [-0.39, 0.29) is 28.6 Å². The Morgan fingerprint density at radius 3 is 2.52 bits per heavy atom. The van der Waals surface area contributed by atoms with Crippen molar-refractivity contribution >= 4 is 17.3 Å². The van der Waals surface area contributed by atoms with E-state index in [9.17, 15) is 14.9 Å². The van der Waals surface area contributed by atoms with Gasteiger partial charge in [0, 0.05) is 19.0 Å². The summed E-state index contributed by atoms with van der Waals surface area (Å²) in [5.74, 6) is 0.315. The molecule has 1 saturated carbocycles. The van der Waals surface area contributed by atoms with Crippen LogP contribution in [0.2, 0.25) is 0 Å². The van der Waals surface area contributed by atoms with Gasteiger partial charge in [0.1, 0.15) is 5.69 Å². The molecule has 0 aromatic heterocycles. The van der Waals surface area contributed by atoms with Crippen LogP contribution in [0.1, 0.15) is 47.0 Å². The zero-order valence-electron chi connectivity index (χ0n) is 15.4. The van der Waals surface area contributed by atoms with Crippen LogP contribution in [0.4, 0.5) is 11.4 Å². The predicted octanol–water partition coefficient (Wildman–Crippen LogP) is 4.16. The van der Waals surface area contributed by atoms with Gasteiger partial charge in [0.2, 0.25) is 0 Å². The third-order valence-corrected chi connectivity index (χ3v) is 4.48. The fraction of sp³-hybridized carbons (Fsp3) is 0.611. The number of nitrogens with zero attached hydrogens (tertiary/aromatic N) is 1. The molecule has 1 N–H and O–H groups in total. The van der Waals surface area contributed by atoms with Crippen molar-refractivity contribution in [3.05, 3.63) is 22.2 Å². The van der Waals surface area contributed by atoms with Crippen LogP contribution in [0.3, 0.4) is 0 Å². The lowest BCUT2D eigenvalue weighted by molar-refractivity contribution is -0.384. The normalized spacial score (nSPS) is 22.1. The molecule has 1 aliphatic rings. The second-order valence-electron chi connectivity index (χ2n) is 7.63. The smallest absolute Gasteiger partial charge is 0.308 e. The number of nitro groups is 1. The SMILES string of the molecule is COc1cc(N[C@H]2C[C@@H](C)CC(C)(C)C2)c([N+](=O)[O-])cc1OC(C)=O. The zero-order chi connectivity index (χ0) is 18.8. The Bertz CT molecular complexity index is 672. The Morgan fingerprint density at radius 1 is 1.32 bits per heavy atom. The Morgan fingerprint density at radius 2 is 2.00 bits per heavy atom. The fourth-order valence-electron chi connectivity index (χ4n) is 3.89. The Balaban J connectivity index is 2.35. The van der Waals surface area contributed by atoms with Gasteiger partial charge in [-0.15, -0.1) is 0 Å². The van der Waals surface area contributed by atoms with E-state index in [0.717, 1.165) is 19.3 Å². The number of esters is 1. The standard InChI is InChI=1S/C18H26N2O5/c1-11-6-13(10-18(3,4)9-11)19-14-7-16(24-5)17(25-12(2)21)8-15(14)20(22)23/h7-8,11,13,19H,6,9-10H2,1-5H3/t11-,13+/m1/s1. The highest BCUT2D eigenvalue weighted by atomic mass is 16.6. The van der Waals surface area contributed by atoms with Crippen molar-refractivity contribution in [3.63, 3.8) is 0 Å². The summed E-state index contributed by atoms with van der Waals surface area (Å²) in [7, 11) is 1.43. The molecule has 7 heteroatoms. The topological polar surface area (TPSA) is 90.7 Å². The van der Waals surface area contributed by atoms with Crippen LogP contribution >= 0.6 is 0 Å². The molecular formula is C18H26N2O5. The molecule has 1 fully saturated rings. The van der Waals surface area contributed by atoms with Gasteiger partial charge in [-0.2, -0.15) is 0 Å². The molecule has 0 unspecified atom stereocenters. The van der Waals surface area contributed by atoms with Crippen LogP contribution in [-0.2, 0) is 4.79 Å². The van der Waals surface area contributed by atoms with Gasteiger partial charge >= 0.3 is 5.97 Å². The van der Waals surface area contributed by atoms with Gasteiger partial charge < -0.3 is 14.8 Å². The Hall–Kier alpha value is -2.31. The van der Waals surface area contributed by atoms with Gasteiger partial charge in [-0.25, -0.2) is 0 Å². The molecule has 0 aliphatic heterocycles. The maximum Gasteiger partial charge on any atom is 0.308 e. The number of carbonyl (C=O) groups excluding carboxylic acids is 1. The van der Waals surface area contributed by atoms with Crippen molar-refractivity contribution in [2.24, 2.45) is 11.3 Å². The number of hydrogen-bond donors (Lipinski definition) is 1. The Labute approximate surface area is 147 Å². The molecule has 0 bridgehead atoms. The van der Waals surface area contributed by atoms with Gasteiger partial charge in [-0.1, -0.05) is 20.8 Å². The summed E-state index contributed by atoms with van der Waals surface area (Å²) >= 11 is 0. The fourth-order valence-corrected chi connectivity index (χ4v) is 3.89. The van der Waals surface area contributed by atoms with Crippen LogP contribution in [-0.4, -0.2) is 24.0 Å². The summed E-state index contributed by atoms with van der Waals surface area (Å²) in [5, 5.41) is 14.8. The number of nitrogens with one attached hydrogen (secondary N) is 1. The quantitative estimate of drug-likeness (QED) is 0.371. The van der Waals surface area contributed by atoms with Crippen molar-refractivity contribution < 1.29 is 19.2 Å².